The molecule has 1 aliphatic rings. The molecule has 0 radical (unpaired) electrons. The molecule has 3 rings (SSSR count). The van der Waals surface area contributed by atoms with Crippen molar-refractivity contribution in [2.24, 2.45) is 0 Å². The van der Waals surface area contributed by atoms with Crippen molar-refractivity contribution in [3.8, 4) is 5.75 Å². The zero-order chi connectivity index (χ0) is 18.5. The summed E-state index contributed by atoms with van der Waals surface area (Å²) >= 11 is 3.46. The first-order valence-corrected chi connectivity index (χ1v) is 9.40. The van der Waals surface area contributed by atoms with Gasteiger partial charge in [0.15, 0.2) is 0 Å². The summed E-state index contributed by atoms with van der Waals surface area (Å²) in [6, 6.07) is 15.2. The van der Waals surface area contributed by atoms with Crippen LogP contribution in [0.3, 0.4) is 0 Å². The average molecular weight is 417 g/mol. The summed E-state index contributed by atoms with van der Waals surface area (Å²) in [5, 5.41) is 2.86. The number of hydrogen-bond donors (Lipinski definition) is 1. The molecule has 0 fully saturated rings. The molecule has 0 aromatic heterocycles. The fourth-order valence-electron chi connectivity index (χ4n) is 2.90. The van der Waals surface area contributed by atoms with Gasteiger partial charge in [0.05, 0.1) is 12.2 Å². The Hall–Kier alpha value is -2.34. The third-order valence-corrected chi connectivity index (χ3v) is 5.00. The Morgan fingerprint density at radius 1 is 1.15 bits per heavy atom. The summed E-state index contributed by atoms with van der Waals surface area (Å²) in [6.45, 7) is 2.86. The van der Waals surface area contributed by atoms with E-state index in [2.05, 4.69) is 21.2 Å². The highest BCUT2D eigenvalue weighted by Gasteiger charge is 2.27. The molecule has 2 aromatic carbocycles. The van der Waals surface area contributed by atoms with E-state index in [9.17, 15) is 9.59 Å². The molecule has 26 heavy (non-hydrogen) atoms. The van der Waals surface area contributed by atoms with Crippen LogP contribution in [-0.4, -0.2) is 24.5 Å². The highest BCUT2D eigenvalue weighted by molar-refractivity contribution is 9.10. The molecular formula is C20H21BrN2O3. The Morgan fingerprint density at radius 2 is 1.88 bits per heavy atom. The van der Waals surface area contributed by atoms with E-state index < -0.39 is 0 Å². The number of nitrogens with one attached hydrogen (secondary N) is 1. The van der Waals surface area contributed by atoms with Crippen LogP contribution in [0.2, 0.25) is 0 Å². The molecule has 0 bridgehead atoms. The molecular weight excluding hydrogens is 396 g/mol. The van der Waals surface area contributed by atoms with Crippen LogP contribution in [0, 0.1) is 0 Å². The predicted octanol–water partition coefficient (Wildman–Crippen LogP) is 3.66. The lowest BCUT2D eigenvalue weighted by Gasteiger charge is -2.33. The van der Waals surface area contributed by atoms with Gasteiger partial charge in [-0.1, -0.05) is 46.3 Å². The van der Waals surface area contributed by atoms with E-state index in [1.165, 1.54) is 0 Å². The maximum Gasteiger partial charge on any atom is 0.227 e. The largest absolute Gasteiger partial charge is 0.487 e. The number of anilines is 1. The van der Waals surface area contributed by atoms with E-state index in [4.69, 9.17) is 4.74 Å². The number of nitrogens with zero attached hydrogens (tertiary/aromatic N) is 1. The van der Waals surface area contributed by atoms with Crippen LogP contribution in [0.4, 0.5) is 5.69 Å². The summed E-state index contributed by atoms with van der Waals surface area (Å²) in [4.78, 5) is 26.4. The van der Waals surface area contributed by atoms with Gasteiger partial charge in [-0.15, -0.1) is 0 Å². The maximum absolute atomic E-state index is 12.6. The Balaban J connectivity index is 1.54. The van der Waals surface area contributed by atoms with Crippen molar-refractivity contribution in [3.63, 3.8) is 0 Å². The molecule has 136 valence electrons. The number of hydrogen-bond acceptors (Lipinski definition) is 3. The quantitative estimate of drug-likeness (QED) is 0.808. The molecule has 1 aliphatic heterocycles. The van der Waals surface area contributed by atoms with Crippen molar-refractivity contribution in [1.29, 1.82) is 0 Å². The summed E-state index contributed by atoms with van der Waals surface area (Å²) < 4.78 is 6.71. The lowest BCUT2D eigenvalue weighted by atomic mass is 10.1. The Labute approximate surface area is 161 Å². The second kappa shape index (κ2) is 8.36. The van der Waals surface area contributed by atoms with Gasteiger partial charge < -0.3 is 15.0 Å². The number of carbonyl (C=O) groups excluding carboxylic acids is 2. The molecule has 0 unspecified atom stereocenters. The fraction of sp³-hybridized carbons (Fsp3) is 0.300. The van der Waals surface area contributed by atoms with Crippen LogP contribution in [0.1, 0.15) is 25.3 Å². The summed E-state index contributed by atoms with van der Waals surface area (Å²) in [5.74, 6) is 0.505. The third kappa shape index (κ3) is 4.43. The first kappa shape index (κ1) is 18.5. The fourth-order valence-corrected chi connectivity index (χ4v) is 3.33. The molecule has 0 spiro atoms. The maximum atomic E-state index is 12.6. The van der Waals surface area contributed by atoms with E-state index in [-0.39, 0.29) is 30.8 Å². The average Bonchev–Trinajstić information content (AvgIpc) is 2.64. The van der Waals surface area contributed by atoms with Gasteiger partial charge in [-0.05, 0) is 30.7 Å². The van der Waals surface area contributed by atoms with Crippen LogP contribution in [0.25, 0.3) is 0 Å². The van der Waals surface area contributed by atoms with E-state index in [1.807, 2.05) is 55.5 Å². The molecule has 2 aromatic rings. The van der Waals surface area contributed by atoms with Crippen molar-refractivity contribution >= 4 is 33.4 Å². The number of halogens is 1. The van der Waals surface area contributed by atoms with E-state index in [1.54, 1.807) is 4.90 Å². The Kier molecular flexibility index (Phi) is 5.93. The molecule has 1 N–H and O–H groups in total. The van der Waals surface area contributed by atoms with E-state index in [0.717, 1.165) is 15.7 Å². The number of ether oxygens (including phenoxy) is 1. The minimum Gasteiger partial charge on any atom is -0.487 e. The zero-order valence-corrected chi connectivity index (χ0v) is 16.2. The molecule has 2 amide bonds. The predicted molar refractivity (Wildman–Crippen MR) is 104 cm³/mol. The second-order valence-corrected chi connectivity index (χ2v) is 7.12. The van der Waals surface area contributed by atoms with Crippen molar-refractivity contribution in [3.05, 3.63) is 58.6 Å². The van der Waals surface area contributed by atoms with Crippen LogP contribution < -0.4 is 15.0 Å². The molecule has 6 heteroatoms. The summed E-state index contributed by atoms with van der Waals surface area (Å²) in [5.41, 5.74) is 1.77. The van der Waals surface area contributed by atoms with Gasteiger partial charge in [0.1, 0.15) is 11.9 Å². The van der Waals surface area contributed by atoms with Crippen LogP contribution in [0.5, 0.6) is 5.75 Å². The minimum atomic E-state index is -0.135. The van der Waals surface area contributed by atoms with Gasteiger partial charge in [0.2, 0.25) is 11.8 Å². The normalized spacial score (nSPS) is 15.8. The molecule has 5 nitrogen and oxygen atoms in total. The van der Waals surface area contributed by atoms with Crippen LogP contribution in [-0.2, 0) is 16.1 Å². The SMILES string of the molecule is C[C@@H]1CN(C(=O)CCC(=O)NCc2ccccc2Br)c2ccccc2O1. The number of para-hydroxylation sites is 2. The number of fused-ring (bicyclic) bond motifs is 1. The van der Waals surface area contributed by atoms with E-state index >= 15 is 0 Å². The Morgan fingerprint density at radius 3 is 2.69 bits per heavy atom. The van der Waals surface area contributed by atoms with Gasteiger partial charge in [-0.2, -0.15) is 0 Å². The monoisotopic (exact) mass is 416 g/mol. The first-order valence-electron chi connectivity index (χ1n) is 8.61. The lowest BCUT2D eigenvalue weighted by Crippen LogP contribution is -2.42. The third-order valence-electron chi connectivity index (χ3n) is 4.22. The first-order chi connectivity index (χ1) is 12.5. The highest BCUT2D eigenvalue weighted by atomic mass is 79.9. The molecule has 1 heterocycles. The summed E-state index contributed by atoms with van der Waals surface area (Å²) in [7, 11) is 0. The highest BCUT2D eigenvalue weighted by Crippen LogP contribution is 2.33. The molecule has 0 saturated carbocycles. The van der Waals surface area contributed by atoms with Crippen molar-refractivity contribution in [2.75, 3.05) is 11.4 Å². The number of rotatable bonds is 5. The molecule has 1 atom stereocenters. The van der Waals surface area contributed by atoms with Gasteiger partial charge in [0.25, 0.3) is 0 Å². The van der Waals surface area contributed by atoms with Gasteiger partial charge >= 0.3 is 0 Å². The van der Waals surface area contributed by atoms with Gasteiger partial charge in [-0.25, -0.2) is 0 Å². The molecule has 0 aliphatic carbocycles. The smallest absolute Gasteiger partial charge is 0.227 e. The van der Waals surface area contributed by atoms with Crippen molar-refractivity contribution in [1.82, 2.24) is 5.32 Å². The standard InChI is InChI=1S/C20H21BrN2O3/c1-14-13-23(17-8-4-5-9-18(17)26-14)20(25)11-10-19(24)22-12-15-6-2-3-7-16(15)21/h2-9,14H,10-13H2,1H3,(H,22,24)/t14-/m1/s1. The van der Waals surface area contributed by atoms with Crippen molar-refractivity contribution in [2.45, 2.75) is 32.4 Å². The summed E-state index contributed by atoms with van der Waals surface area (Å²) in [6.07, 6.45) is 0.262. The topological polar surface area (TPSA) is 58.6 Å². The van der Waals surface area contributed by atoms with Crippen LogP contribution >= 0.6 is 15.9 Å². The lowest BCUT2D eigenvalue weighted by molar-refractivity contribution is -0.125. The number of amides is 2. The molecule has 0 saturated heterocycles. The van der Waals surface area contributed by atoms with Crippen molar-refractivity contribution < 1.29 is 14.3 Å². The van der Waals surface area contributed by atoms with Gasteiger partial charge in [0, 0.05) is 23.9 Å². The van der Waals surface area contributed by atoms with Gasteiger partial charge in [-0.3, -0.25) is 9.59 Å². The van der Waals surface area contributed by atoms with E-state index in [0.29, 0.717) is 18.8 Å². The number of benzene rings is 2. The zero-order valence-electron chi connectivity index (χ0n) is 14.6. The Bertz CT molecular complexity index is 809. The van der Waals surface area contributed by atoms with Crippen LogP contribution in [0.15, 0.2) is 53.0 Å². The second-order valence-electron chi connectivity index (χ2n) is 6.27. The number of carbonyl (C=O) groups is 2. The minimum absolute atomic E-state index is 0.0661.